The van der Waals surface area contributed by atoms with E-state index in [1.54, 1.807) is 0 Å². The second-order valence-electron chi connectivity index (χ2n) is 14.7. The lowest BCUT2D eigenvalue weighted by Gasteiger charge is -2.14. The van der Waals surface area contributed by atoms with Gasteiger partial charge >= 0.3 is 0 Å². The summed E-state index contributed by atoms with van der Waals surface area (Å²) in [6.07, 6.45) is 0. The maximum atomic E-state index is 5.51. The molecule has 0 N–H and O–H groups in total. The van der Waals surface area contributed by atoms with Crippen LogP contribution in [0.25, 0.3) is 120 Å². The van der Waals surface area contributed by atoms with Crippen LogP contribution in [0.4, 0.5) is 0 Å². The van der Waals surface area contributed by atoms with Crippen LogP contribution in [-0.4, -0.2) is 24.1 Å². The van der Waals surface area contributed by atoms with E-state index < -0.39 is 0 Å². The van der Waals surface area contributed by atoms with Crippen LogP contribution in [0, 0.1) is 0 Å². The van der Waals surface area contributed by atoms with Crippen molar-refractivity contribution in [1.82, 2.24) is 24.1 Å². The fourth-order valence-electron chi connectivity index (χ4n) is 9.35. The smallest absolute Gasteiger partial charge is 0.238 e. The van der Waals surface area contributed by atoms with E-state index in [0.29, 0.717) is 17.6 Å². The van der Waals surface area contributed by atoms with Crippen molar-refractivity contribution in [2.45, 2.75) is 0 Å². The first kappa shape index (κ1) is 30.9. The number of thiophene rings is 1. The van der Waals surface area contributed by atoms with Gasteiger partial charge in [-0.15, -0.1) is 11.3 Å². The molecule has 0 saturated heterocycles. The Morgan fingerprint density at radius 3 is 1.63 bits per heavy atom. The van der Waals surface area contributed by atoms with Crippen molar-refractivity contribution in [3.8, 4) is 34.4 Å². The van der Waals surface area contributed by atoms with Crippen molar-refractivity contribution in [3.05, 3.63) is 176 Å². The Bertz CT molecular complexity index is 3750. The lowest BCUT2D eigenvalue weighted by molar-refractivity contribution is 0.954. The minimum absolute atomic E-state index is 0.582. The number of benzene rings is 9. The molecular formula is C51H29N5S. The predicted octanol–water partition coefficient (Wildman–Crippen LogP) is 13.5. The van der Waals surface area contributed by atoms with Crippen LogP contribution < -0.4 is 0 Å². The zero-order chi connectivity index (χ0) is 37.2. The molecule has 264 valence electrons. The van der Waals surface area contributed by atoms with Gasteiger partial charge in [-0.1, -0.05) is 140 Å². The third-order valence-corrected chi connectivity index (χ3v) is 12.9. The largest absolute Gasteiger partial charge is 0.307 e. The Balaban J connectivity index is 1.18. The van der Waals surface area contributed by atoms with Crippen molar-refractivity contribution in [3.63, 3.8) is 0 Å². The average Bonchev–Trinajstić information content (AvgIpc) is 3.95. The average molecular weight is 744 g/mol. The quantitative estimate of drug-likeness (QED) is 0.169. The minimum Gasteiger partial charge on any atom is -0.307 e. The Morgan fingerprint density at radius 2 is 0.912 bits per heavy atom. The fraction of sp³-hybridized carbons (Fsp3) is 0. The number of hydrogen-bond acceptors (Lipinski definition) is 4. The van der Waals surface area contributed by atoms with Crippen LogP contribution in [0.2, 0.25) is 0 Å². The van der Waals surface area contributed by atoms with Gasteiger partial charge in [-0.05, 0) is 57.9 Å². The molecule has 9 aromatic carbocycles. The standard InChI is InChI=1S/C51H29N5S/c1-3-14-30(15-4-1)49-52-50(40-29-26-37-33-19-8-7-18-32(33)36-22-13-25-43-44(36)45(37)48(40)57-43)54-51(53-49)56-42-24-12-10-21-35(42)39-28-27-38-34-20-9-11-23-41(34)55(46(38)47(39)56)31-16-5-2-6-17-31/h1-29H. The summed E-state index contributed by atoms with van der Waals surface area (Å²) in [5.41, 5.74) is 7.41. The Morgan fingerprint density at radius 1 is 0.368 bits per heavy atom. The summed E-state index contributed by atoms with van der Waals surface area (Å²) >= 11 is 1.83. The van der Waals surface area contributed by atoms with Crippen LogP contribution >= 0.6 is 11.3 Å². The third kappa shape index (κ3) is 4.25. The first-order valence-corrected chi connectivity index (χ1v) is 20.0. The summed E-state index contributed by atoms with van der Waals surface area (Å²) in [6, 6.07) is 62.8. The van der Waals surface area contributed by atoms with E-state index in [2.05, 4.69) is 167 Å². The van der Waals surface area contributed by atoms with E-state index in [9.17, 15) is 0 Å². The Kier molecular flexibility index (Phi) is 6.26. The van der Waals surface area contributed by atoms with Crippen LogP contribution in [0.5, 0.6) is 0 Å². The van der Waals surface area contributed by atoms with Crippen molar-refractivity contribution >= 4 is 96.7 Å². The molecule has 4 heterocycles. The van der Waals surface area contributed by atoms with E-state index in [4.69, 9.17) is 15.0 Å². The molecule has 57 heavy (non-hydrogen) atoms. The van der Waals surface area contributed by atoms with E-state index in [1.807, 2.05) is 29.5 Å². The molecule has 0 spiro atoms. The maximum absolute atomic E-state index is 5.51. The van der Waals surface area contributed by atoms with E-state index in [1.165, 1.54) is 52.5 Å². The van der Waals surface area contributed by atoms with Crippen molar-refractivity contribution in [1.29, 1.82) is 0 Å². The monoisotopic (exact) mass is 743 g/mol. The van der Waals surface area contributed by atoms with E-state index >= 15 is 0 Å². The molecule has 0 radical (unpaired) electrons. The SMILES string of the molecule is c1ccc(-c2nc(-c3ccc4c5ccccc5c5cccc6sc3c4c65)nc(-n3c4ccccc4c4ccc5c6ccccc6n(-c6ccccc6)c5c43)n2)cc1. The molecule has 0 unspecified atom stereocenters. The van der Waals surface area contributed by atoms with Gasteiger partial charge in [-0.2, -0.15) is 9.97 Å². The highest BCUT2D eigenvalue weighted by Gasteiger charge is 2.25. The molecule has 5 nitrogen and oxygen atoms in total. The van der Waals surface area contributed by atoms with Crippen LogP contribution in [0.1, 0.15) is 0 Å². The molecule has 0 saturated carbocycles. The summed E-state index contributed by atoms with van der Waals surface area (Å²) < 4.78 is 7.13. The lowest BCUT2D eigenvalue weighted by Crippen LogP contribution is -2.07. The lowest BCUT2D eigenvalue weighted by atomic mass is 9.93. The number of rotatable bonds is 4. The molecule has 13 aromatic rings. The van der Waals surface area contributed by atoms with Gasteiger partial charge < -0.3 is 4.57 Å². The van der Waals surface area contributed by atoms with E-state index in [-0.39, 0.29) is 0 Å². The highest BCUT2D eigenvalue weighted by Crippen LogP contribution is 2.48. The second-order valence-corrected chi connectivity index (χ2v) is 15.8. The van der Waals surface area contributed by atoms with Gasteiger partial charge in [-0.25, -0.2) is 4.98 Å². The molecule has 0 aliphatic heterocycles. The van der Waals surface area contributed by atoms with Gasteiger partial charge in [0.05, 0.1) is 22.1 Å². The molecule has 6 heteroatoms. The minimum atomic E-state index is 0.582. The van der Waals surface area contributed by atoms with Gasteiger partial charge in [0.1, 0.15) is 0 Å². The summed E-state index contributed by atoms with van der Waals surface area (Å²) in [6.45, 7) is 0. The first-order chi connectivity index (χ1) is 28.3. The van der Waals surface area contributed by atoms with Crippen LogP contribution in [0.3, 0.4) is 0 Å². The maximum Gasteiger partial charge on any atom is 0.238 e. The van der Waals surface area contributed by atoms with Crippen molar-refractivity contribution < 1.29 is 0 Å². The number of nitrogens with zero attached hydrogens (tertiary/aromatic N) is 5. The van der Waals surface area contributed by atoms with Gasteiger partial charge in [0.25, 0.3) is 0 Å². The summed E-state index contributed by atoms with van der Waals surface area (Å²) in [5.74, 6) is 1.87. The summed E-state index contributed by atoms with van der Waals surface area (Å²) in [5, 5.41) is 12.3. The molecule has 0 amide bonds. The fourth-order valence-corrected chi connectivity index (χ4v) is 10.6. The number of para-hydroxylation sites is 3. The molecule has 0 bridgehead atoms. The Labute approximate surface area is 329 Å². The molecule has 0 atom stereocenters. The molecule has 4 aromatic heterocycles. The van der Waals surface area contributed by atoms with Gasteiger partial charge in [0.15, 0.2) is 11.6 Å². The highest BCUT2D eigenvalue weighted by molar-refractivity contribution is 7.26. The summed E-state index contributed by atoms with van der Waals surface area (Å²) in [4.78, 5) is 16.2. The molecule has 0 aliphatic carbocycles. The van der Waals surface area contributed by atoms with Crippen molar-refractivity contribution in [2.24, 2.45) is 0 Å². The number of fused-ring (bicyclic) bond motifs is 10. The van der Waals surface area contributed by atoms with Gasteiger partial charge in [0.2, 0.25) is 5.95 Å². The topological polar surface area (TPSA) is 48.5 Å². The van der Waals surface area contributed by atoms with E-state index in [0.717, 1.165) is 49.7 Å². The third-order valence-electron chi connectivity index (χ3n) is 11.7. The number of aromatic nitrogens is 5. The van der Waals surface area contributed by atoms with Gasteiger partial charge in [0, 0.05) is 58.5 Å². The predicted molar refractivity (Wildman–Crippen MR) is 238 cm³/mol. The van der Waals surface area contributed by atoms with Crippen LogP contribution in [0.15, 0.2) is 176 Å². The highest BCUT2D eigenvalue weighted by atomic mass is 32.1. The number of hydrogen-bond donors (Lipinski definition) is 0. The zero-order valence-electron chi connectivity index (χ0n) is 30.4. The molecule has 0 fully saturated rings. The first-order valence-electron chi connectivity index (χ1n) is 19.2. The second kappa shape index (κ2) is 11.6. The normalized spacial score (nSPS) is 12.2. The zero-order valence-corrected chi connectivity index (χ0v) is 31.2. The Hall–Kier alpha value is -7.41. The molecule has 0 aliphatic rings. The van der Waals surface area contributed by atoms with Gasteiger partial charge in [-0.3, -0.25) is 4.57 Å². The van der Waals surface area contributed by atoms with Crippen LogP contribution in [-0.2, 0) is 0 Å². The molecule has 13 rings (SSSR count). The molecular weight excluding hydrogens is 715 g/mol. The van der Waals surface area contributed by atoms with Crippen molar-refractivity contribution in [2.75, 3.05) is 0 Å². The summed E-state index contributed by atoms with van der Waals surface area (Å²) in [7, 11) is 0.